The highest BCUT2D eigenvalue weighted by Gasteiger charge is 2.15. The average Bonchev–Trinajstić information content (AvgIpc) is 2.96. The van der Waals surface area contributed by atoms with Crippen molar-refractivity contribution in [2.45, 2.75) is 26.7 Å². The van der Waals surface area contributed by atoms with Gasteiger partial charge >= 0.3 is 0 Å². The molecule has 7 heteroatoms. The lowest BCUT2D eigenvalue weighted by molar-refractivity contribution is 0.831. The monoisotopic (exact) mass is 297 g/mol. The number of aromatic nitrogens is 3. The van der Waals surface area contributed by atoms with E-state index in [0.717, 1.165) is 38.8 Å². The summed E-state index contributed by atoms with van der Waals surface area (Å²) in [6.07, 6.45) is 2.33. The van der Waals surface area contributed by atoms with Gasteiger partial charge in [0.2, 0.25) is 5.13 Å². The summed E-state index contributed by atoms with van der Waals surface area (Å²) < 4.78 is 0. The number of thiazole rings is 1. The van der Waals surface area contributed by atoms with Crippen molar-refractivity contribution < 1.29 is 0 Å². The predicted molar refractivity (Wildman–Crippen MR) is 83.5 cm³/mol. The number of anilines is 2. The van der Waals surface area contributed by atoms with Crippen LogP contribution in [-0.4, -0.2) is 35.8 Å². The molecule has 0 radical (unpaired) electrons. The Morgan fingerprint density at radius 1 is 1.21 bits per heavy atom. The van der Waals surface area contributed by atoms with E-state index in [1.807, 2.05) is 25.9 Å². The third kappa shape index (κ3) is 3.42. The first-order valence-corrected chi connectivity index (χ1v) is 7.97. The molecule has 0 atom stereocenters. The van der Waals surface area contributed by atoms with E-state index in [4.69, 9.17) is 0 Å². The van der Waals surface area contributed by atoms with Gasteiger partial charge in [-0.1, -0.05) is 36.0 Å². The van der Waals surface area contributed by atoms with Crippen LogP contribution >= 0.6 is 22.7 Å². The van der Waals surface area contributed by atoms with Crippen molar-refractivity contribution in [3.63, 3.8) is 0 Å². The number of nitrogens with zero attached hydrogens (tertiary/aromatic N) is 4. The van der Waals surface area contributed by atoms with Gasteiger partial charge < -0.3 is 10.2 Å². The van der Waals surface area contributed by atoms with Crippen LogP contribution in [0.2, 0.25) is 0 Å². The molecular weight excluding hydrogens is 278 g/mol. The van der Waals surface area contributed by atoms with E-state index in [2.05, 4.69) is 27.4 Å². The Morgan fingerprint density at radius 3 is 2.63 bits per heavy atom. The second-order valence-electron chi connectivity index (χ2n) is 4.50. The number of hydrogen-bond donors (Lipinski definition) is 1. The van der Waals surface area contributed by atoms with Crippen LogP contribution in [0.5, 0.6) is 0 Å². The highest BCUT2D eigenvalue weighted by molar-refractivity contribution is 7.25. The van der Waals surface area contributed by atoms with Gasteiger partial charge in [0.1, 0.15) is 0 Å². The van der Waals surface area contributed by atoms with Gasteiger partial charge in [-0.05, 0) is 13.3 Å². The smallest absolute Gasteiger partial charge is 0.206 e. The summed E-state index contributed by atoms with van der Waals surface area (Å²) in [7, 11) is 4.00. The van der Waals surface area contributed by atoms with Crippen LogP contribution in [0.25, 0.3) is 9.88 Å². The van der Waals surface area contributed by atoms with Crippen molar-refractivity contribution in [3.8, 4) is 9.88 Å². The lowest BCUT2D eigenvalue weighted by Crippen LogP contribution is -2.07. The summed E-state index contributed by atoms with van der Waals surface area (Å²) in [4.78, 5) is 7.67. The van der Waals surface area contributed by atoms with E-state index in [9.17, 15) is 0 Å². The fraction of sp³-hybridized carbons (Fsp3) is 0.583. The van der Waals surface area contributed by atoms with E-state index < -0.39 is 0 Å². The first kappa shape index (κ1) is 14.2. The first-order chi connectivity index (χ1) is 9.11. The molecule has 2 heterocycles. The summed E-state index contributed by atoms with van der Waals surface area (Å²) in [5.41, 5.74) is 1.02. The molecule has 0 aromatic carbocycles. The van der Waals surface area contributed by atoms with Crippen molar-refractivity contribution in [3.05, 3.63) is 5.69 Å². The summed E-state index contributed by atoms with van der Waals surface area (Å²) >= 11 is 3.25. The summed E-state index contributed by atoms with van der Waals surface area (Å²) in [6.45, 7) is 5.15. The van der Waals surface area contributed by atoms with Gasteiger partial charge in [-0.15, -0.1) is 10.2 Å². The summed E-state index contributed by atoms with van der Waals surface area (Å²) in [5.74, 6) is 0. The Morgan fingerprint density at radius 2 is 2.00 bits per heavy atom. The third-order valence-electron chi connectivity index (χ3n) is 2.59. The molecule has 0 amide bonds. The predicted octanol–water partition coefficient (Wildman–Crippen LogP) is 3.25. The second-order valence-corrected chi connectivity index (χ2v) is 6.45. The molecule has 0 bridgehead atoms. The minimum Gasteiger partial charge on any atom is -0.360 e. The van der Waals surface area contributed by atoms with Gasteiger partial charge in [-0.2, -0.15) is 0 Å². The number of hydrogen-bond acceptors (Lipinski definition) is 7. The van der Waals surface area contributed by atoms with Crippen LogP contribution < -0.4 is 10.2 Å². The molecule has 1 N–H and O–H groups in total. The minimum absolute atomic E-state index is 0.891. The molecule has 0 aliphatic rings. The molecule has 0 saturated carbocycles. The Labute approximate surface area is 121 Å². The molecule has 104 valence electrons. The van der Waals surface area contributed by atoms with Crippen molar-refractivity contribution in [1.82, 2.24) is 15.2 Å². The Hall–Kier alpha value is -1.21. The molecule has 2 aromatic heterocycles. The molecule has 0 saturated heterocycles. The molecule has 0 aliphatic heterocycles. The van der Waals surface area contributed by atoms with Gasteiger partial charge in [0.05, 0.1) is 10.6 Å². The van der Waals surface area contributed by atoms with Crippen LogP contribution in [0, 0.1) is 6.92 Å². The number of rotatable bonds is 6. The van der Waals surface area contributed by atoms with E-state index >= 15 is 0 Å². The third-order valence-corrected chi connectivity index (χ3v) is 4.95. The van der Waals surface area contributed by atoms with Crippen molar-refractivity contribution in [2.24, 2.45) is 0 Å². The van der Waals surface area contributed by atoms with Gasteiger partial charge in [-0.25, -0.2) is 4.98 Å². The SMILES string of the molecule is CCCCNc1nnc(-c2sc(N(C)C)nc2C)s1. The lowest BCUT2D eigenvalue weighted by atomic mass is 10.3. The fourth-order valence-corrected chi connectivity index (χ4v) is 3.41. The van der Waals surface area contributed by atoms with E-state index in [0.29, 0.717) is 0 Å². The summed E-state index contributed by atoms with van der Waals surface area (Å²) in [6, 6.07) is 0. The summed E-state index contributed by atoms with van der Waals surface area (Å²) in [5, 5.41) is 14.6. The molecule has 0 aliphatic carbocycles. The quantitative estimate of drug-likeness (QED) is 0.830. The van der Waals surface area contributed by atoms with Gasteiger partial charge in [-0.3, -0.25) is 0 Å². The topological polar surface area (TPSA) is 53.9 Å². The molecule has 19 heavy (non-hydrogen) atoms. The van der Waals surface area contributed by atoms with Gasteiger partial charge in [0.15, 0.2) is 10.1 Å². The molecule has 2 rings (SSSR count). The Kier molecular flexibility index (Phi) is 4.71. The molecule has 2 aromatic rings. The van der Waals surface area contributed by atoms with Crippen LogP contribution in [0.15, 0.2) is 0 Å². The normalized spacial score (nSPS) is 10.7. The maximum absolute atomic E-state index is 4.53. The Bertz CT molecular complexity index is 532. The molecular formula is C12H19N5S2. The maximum atomic E-state index is 4.53. The highest BCUT2D eigenvalue weighted by atomic mass is 32.1. The standard InChI is InChI=1S/C12H19N5S2/c1-5-6-7-13-11-16-15-10(19-11)9-8(2)14-12(18-9)17(3)4/h5-7H2,1-4H3,(H,13,16). The highest BCUT2D eigenvalue weighted by Crippen LogP contribution is 2.36. The first-order valence-electron chi connectivity index (χ1n) is 6.34. The fourth-order valence-electron chi connectivity index (χ4n) is 1.53. The van der Waals surface area contributed by atoms with Crippen LogP contribution in [-0.2, 0) is 0 Å². The van der Waals surface area contributed by atoms with Gasteiger partial charge in [0.25, 0.3) is 0 Å². The van der Waals surface area contributed by atoms with Crippen molar-refractivity contribution in [1.29, 1.82) is 0 Å². The second kappa shape index (κ2) is 6.29. The van der Waals surface area contributed by atoms with Crippen molar-refractivity contribution in [2.75, 3.05) is 30.9 Å². The number of unbranched alkanes of at least 4 members (excludes halogenated alkanes) is 1. The Balaban J connectivity index is 2.13. The van der Waals surface area contributed by atoms with E-state index in [1.54, 1.807) is 22.7 Å². The molecule has 0 spiro atoms. The van der Waals surface area contributed by atoms with Crippen LogP contribution in [0.4, 0.5) is 10.3 Å². The average molecular weight is 297 g/mol. The lowest BCUT2D eigenvalue weighted by Gasteiger charge is -2.04. The van der Waals surface area contributed by atoms with E-state index in [-0.39, 0.29) is 0 Å². The maximum Gasteiger partial charge on any atom is 0.206 e. The molecule has 0 fully saturated rings. The van der Waals surface area contributed by atoms with E-state index in [1.165, 1.54) is 6.42 Å². The molecule has 5 nitrogen and oxygen atoms in total. The van der Waals surface area contributed by atoms with Crippen molar-refractivity contribution >= 4 is 32.9 Å². The number of aryl methyl sites for hydroxylation is 1. The van der Waals surface area contributed by atoms with Crippen LogP contribution in [0.1, 0.15) is 25.5 Å². The zero-order valence-corrected chi connectivity index (χ0v) is 13.4. The molecule has 0 unspecified atom stereocenters. The minimum atomic E-state index is 0.891. The largest absolute Gasteiger partial charge is 0.360 e. The van der Waals surface area contributed by atoms with Gasteiger partial charge in [0, 0.05) is 20.6 Å². The zero-order valence-electron chi connectivity index (χ0n) is 11.7. The number of nitrogens with one attached hydrogen (secondary N) is 1. The van der Waals surface area contributed by atoms with Crippen LogP contribution in [0.3, 0.4) is 0 Å². The zero-order chi connectivity index (χ0) is 13.8.